The summed E-state index contributed by atoms with van der Waals surface area (Å²) in [5.41, 5.74) is 0.437. The molecule has 0 saturated heterocycles. The summed E-state index contributed by atoms with van der Waals surface area (Å²) in [6.45, 7) is 7.61. The van der Waals surface area contributed by atoms with Crippen molar-refractivity contribution in [2.24, 2.45) is 0 Å². The molecule has 0 aromatic carbocycles. The van der Waals surface area contributed by atoms with Gasteiger partial charge in [0.25, 0.3) is 0 Å². The number of pyridine rings is 1. The van der Waals surface area contributed by atoms with Gasteiger partial charge in [-0.1, -0.05) is 11.6 Å². The number of aromatic nitrogens is 1. The predicted molar refractivity (Wildman–Crippen MR) is 86.5 cm³/mol. The minimum absolute atomic E-state index is 0.103. The van der Waals surface area contributed by atoms with E-state index in [4.69, 9.17) is 16.3 Å². The highest BCUT2D eigenvalue weighted by atomic mass is 79.9. The van der Waals surface area contributed by atoms with E-state index in [0.717, 1.165) is 22.9 Å². The number of nitrogens with zero attached hydrogens (tertiary/aromatic N) is 2. The first-order chi connectivity index (χ1) is 9.69. The lowest BCUT2D eigenvalue weighted by Gasteiger charge is -2.32. The van der Waals surface area contributed by atoms with Crippen molar-refractivity contribution in [1.82, 2.24) is 9.88 Å². The van der Waals surface area contributed by atoms with Gasteiger partial charge in [0.2, 0.25) is 0 Å². The maximum Gasteiger partial charge on any atom is 0.411 e. The van der Waals surface area contributed by atoms with Crippen LogP contribution >= 0.6 is 27.5 Å². The summed E-state index contributed by atoms with van der Waals surface area (Å²) in [5, 5.41) is 0.418. The Bertz CT molecular complexity index is 541. The zero-order valence-electron chi connectivity index (χ0n) is 12.7. The number of hydrogen-bond donors (Lipinski definition) is 0. The summed E-state index contributed by atoms with van der Waals surface area (Å²) < 4.78 is 6.26. The molecule has 21 heavy (non-hydrogen) atoms. The lowest BCUT2D eigenvalue weighted by atomic mass is 10.1. The Balaban J connectivity index is 2.21. The molecule has 1 saturated carbocycles. The first-order valence-electron chi connectivity index (χ1n) is 7.01. The number of hydrogen-bond acceptors (Lipinski definition) is 3. The molecular formula is C15H20BrClN2O2. The minimum atomic E-state index is -0.497. The van der Waals surface area contributed by atoms with Crippen molar-refractivity contribution in [2.45, 2.75) is 58.2 Å². The van der Waals surface area contributed by atoms with E-state index in [9.17, 15) is 4.79 Å². The van der Waals surface area contributed by atoms with E-state index >= 15 is 0 Å². The molecule has 0 spiro atoms. The maximum atomic E-state index is 12.5. The Morgan fingerprint density at radius 1 is 1.52 bits per heavy atom. The highest BCUT2D eigenvalue weighted by Gasteiger charge is 2.38. The molecule has 1 unspecified atom stereocenters. The molecule has 1 aromatic rings. The summed E-state index contributed by atoms with van der Waals surface area (Å²) in [6.07, 6.45) is 3.47. The summed E-state index contributed by atoms with van der Waals surface area (Å²) in [4.78, 5) is 18.4. The Labute approximate surface area is 139 Å². The van der Waals surface area contributed by atoms with Gasteiger partial charge in [0.1, 0.15) is 10.8 Å². The van der Waals surface area contributed by atoms with Gasteiger partial charge in [0.15, 0.2) is 0 Å². The van der Waals surface area contributed by atoms with E-state index in [-0.39, 0.29) is 18.2 Å². The molecule has 4 nitrogen and oxygen atoms in total. The van der Waals surface area contributed by atoms with Gasteiger partial charge in [-0.25, -0.2) is 9.78 Å². The molecular weight excluding hydrogens is 356 g/mol. The second-order valence-electron chi connectivity index (χ2n) is 6.34. The minimum Gasteiger partial charge on any atom is -0.444 e. The number of carbonyl (C=O) groups is 1. The zero-order chi connectivity index (χ0) is 15.8. The third kappa shape index (κ3) is 4.33. The van der Waals surface area contributed by atoms with Crippen LogP contribution in [-0.4, -0.2) is 27.6 Å². The highest BCUT2D eigenvalue weighted by molar-refractivity contribution is 9.10. The average molecular weight is 376 g/mol. The second-order valence-corrected chi connectivity index (χ2v) is 7.55. The van der Waals surface area contributed by atoms with Crippen LogP contribution in [0.4, 0.5) is 4.79 Å². The van der Waals surface area contributed by atoms with Crippen LogP contribution in [0.3, 0.4) is 0 Å². The summed E-state index contributed by atoms with van der Waals surface area (Å²) in [5.74, 6) is 0. The number of rotatable bonds is 3. The number of amides is 1. The molecule has 1 heterocycles. The molecule has 1 fully saturated rings. The summed E-state index contributed by atoms with van der Waals surface area (Å²) >= 11 is 9.30. The van der Waals surface area contributed by atoms with Crippen molar-refractivity contribution >= 4 is 33.6 Å². The van der Waals surface area contributed by atoms with E-state index in [1.54, 1.807) is 6.20 Å². The van der Waals surface area contributed by atoms with E-state index in [1.807, 2.05) is 38.7 Å². The predicted octanol–water partition coefficient (Wildman–Crippen LogP) is 4.96. The first-order valence-corrected chi connectivity index (χ1v) is 8.18. The summed E-state index contributed by atoms with van der Waals surface area (Å²) in [6, 6.07) is 2.05. The van der Waals surface area contributed by atoms with Gasteiger partial charge in [-0.2, -0.15) is 0 Å². The maximum absolute atomic E-state index is 12.5. The fourth-order valence-electron chi connectivity index (χ4n) is 2.12. The van der Waals surface area contributed by atoms with Crippen LogP contribution in [0.15, 0.2) is 16.7 Å². The molecule has 0 radical (unpaired) electrons. The van der Waals surface area contributed by atoms with Crippen molar-refractivity contribution in [1.29, 1.82) is 0 Å². The second kappa shape index (κ2) is 6.13. The van der Waals surface area contributed by atoms with Crippen molar-refractivity contribution in [3.8, 4) is 0 Å². The van der Waals surface area contributed by atoms with Crippen molar-refractivity contribution in [3.63, 3.8) is 0 Å². The standard InChI is InChI=1S/C15H20BrClN2O2/c1-9(10-7-12(16)13(17)18-8-10)19(11-5-6-11)14(20)21-15(2,3)4/h7-9,11H,5-6H2,1-4H3. The fourth-order valence-corrected chi connectivity index (χ4v) is 2.59. The van der Waals surface area contributed by atoms with Crippen LogP contribution in [-0.2, 0) is 4.74 Å². The smallest absolute Gasteiger partial charge is 0.411 e. The van der Waals surface area contributed by atoms with E-state index in [1.165, 1.54) is 0 Å². The third-order valence-corrected chi connectivity index (χ3v) is 4.40. The number of ether oxygens (including phenoxy) is 1. The molecule has 0 aliphatic heterocycles. The van der Waals surface area contributed by atoms with Crippen LogP contribution in [0.25, 0.3) is 0 Å². The van der Waals surface area contributed by atoms with Gasteiger partial charge < -0.3 is 4.74 Å². The molecule has 1 aliphatic rings. The normalized spacial score (nSPS) is 16.5. The molecule has 1 aliphatic carbocycles. The molecule has 1 amide bonds. The van der Waals surface area contributed by atoms with Crippen molar-refractivity contribution in [2.75, 3.05) is 0 Å². The van der Waals surface area contributed by atoms with E-state index < -0.39 is 5.60 Å². The topological polar surface area (TPSA) is 42.4 Å². The lowest BCUT2D eigenvalue weighted by molar-refractivity contribution is 0.0153. The highest BCUT2D eigenvalue weighted by Crippen LogP contribution is 2.36. The molecule has 0 N–H and O–H groups in total. The van der Waals surface area contributed by atoms with Crippen LogP contribution in [0.1, 0.15) is 52.1 Å². The van der Waals surface area contributed by atoms with Crippen LogP contribution in [0, 0.1) is 0 Å². The van der Waals surface area contributed by atoms with Gasteiger partial charge in [-0.3, -0.25) is 4.90 Å². The van der Waals surface area contributed by atoms with Crippen molar-refractivity contribution in [3.05, 3.63) is 27.5 Å². The fraction of sp³-hybridized carbons (Fsp3) is 0.600. The molecule has 1 atom stereocenters. The average Bonchev–Trinajstić information content (AvgIpc) is 3.15. The SMILES string of the molecule is CC(c1cnc(Cl)c(Br)c1)N(C(=O)OC(C)(C)C)C1CC1. The van der Waals surface area contributed by atoms with Crippen LogP contribution < -0.4 is 0 Å². The third-order valence-electron chi connectivity index (χ3n) is 3.26. The number of carbonyl (C=O) groups excluding carboxylic acids is 1. The summed E-state index contributed by atoms with van der Waals surface area (Å²) in [7, 11) is 0. The van der Waals surface area contributed by atoms with Gasteiger partial charge in [-0.15, -0.1) is 0 Å². The molecule has 1 aromatic heterocycles. The Morgan fingerprint density at radius 2 is 2.14 bits per heavy atom. The van der Waals surface area contributed by atoms with Gasteiger partial charge in [0, 0.05) is 12.2 Å². The van der Waals surface area contributed by atoms with Gasteiger partial charge in [0.05, 0.1) is 10.5 Å². The quantitative estimate of drug-likeness (QED) is 0.701. The number of halogens is 2. The molecule has 0 bridgehead atoms. The molecule has 116 valence electrons. The zero-order valence-corrected chi connectivity index (χ0v) is 15.0. The lowest BCUT2D eigenvalue weighted by Crippen LogP contribution is -2.39. The molecule has 6 heteroatoms. The van der Waals surface area contributed by atoms with Gasteiger partial charge >= 0.3 is 6.09 Å². The monoisotopic (exact) mass is 374 g/mol. The largest absolute Gasteiger partial charge is 0.444 e. The molecule has 2 rings (SSSR count). The Morgan fingerprint density at radius 3 is 2.62 bits per heavy atom. The van der Waals surface area contributed by atoms with Crippen LogP contribution in [0.2, 0.25) is 5.15 Å². The Kier molecular flexibility index (Phi) is 4.83. The van der Waals surface area contributed by atoms with Gasteiger partial charge in [-0.05, 0) is 68.1 Å². The van der Waals surface area contributed by atoms with E-state index in [2.05, 4.69) is 20.9 Å². The Hall–Kier alpha value is -0.810. The first kappa shape index (κ1) is 16.6. The van der Waals surface area contributed by atoms with Crippen LogP contribution in [0.5, 0.6) is 0 Å². The van der Waals surface area contributed by atoms with Crippen molar-refractivity contribution < 1.29 is 9.53 Å². The van der Waals surface area contributed by atoms with E-state index in [0.29, 0.717) is 5.15 Å².